The lowest BCUT2D eigenvalue weighted by atomic mass is 10.1. The Morgan fingerprint density at radius 1 is 1.06 bits per heavy atom. The zero-order valence-corrected chi connectivity index (χ0v) is 21.0. The number of anilines is 1. The van der Waals surface area contributed by atoms with Gasteiger partial charge >= 0.3 is 0 Å². The number of hydrogen-bond acceptors (Lipinski definition) is 6. The quantitative estimate of drug-likeness (QED) is 0.496. The van der Waals surface area contributed by atoms with Crippen molar-refractivity contribution in [1.29, 1.82) is 0 Å². The molecule has 3 aromatic rings. The summed E-state index contributed by atoms with van der Waals surface area (Å²) in [5, 5.41) is 10.8. The minimum Gasteiger partial charge on any atom is -0.379 e. The lowest BCUT2D eigenvalue weighted by Gasteiger charge is -2.26. The van der Waals surface area contributed by atoms with E-state index in [4.69, 9.17) is 4.74 Å². The van der Waals surface area contributed by atoms with Crippen molar-refractivity contribution >= 4 is 21.6 Å². The van der Waals surface area contributed by atoms with E-state index >= 15 is 0 Å². The molecule has 10 heteroatoms. The predicted molar refractivity (Wildman–Crippen MR) is 134 cm³/mol. The summed E-state index contributed by atoms with van der Waals surface area (Å²) in [7, 11) is -3.57. The number of aromatic nitrogens is 2. The number of ether oxygens (including phenoxy) is 1. The van der Waals surface area contributed by atoms with Crippen LogP contribution in [0.5, 0.6) is 0 Å². The number of nitrogens with one attached hydrogen (secondary N) is 2. The molecular weight excluding hydrogens is 466 g/mol. The smallest absolute Gasteiger partial charge is 0.243 e. The number of benzene rings is 2. The van der Waals surface area contributed by atoms with Crippen LogP contribution < -0.4 is 10.6 Å². The summed E-state index contributed by atoms with van der Waals surface area (Å²) in [6.45, 7) is 7.73. The third kappa shape index (κ3) is 5.62. The molecular formula is C25H31N5O4S. The largest absolute Gasteiger partial charge is 0.379 e. The lowest BCUT2D eigenvalue weighted by molar-refractivity contribution is -0.117. The third-order valence-corrected chi connectivity index (χ3v) is 8.06. The van der Waals surface area contributed by atoms with Crippen molar-refractivity contribution in [3.05, 3.63) is 71.5 Å². The third-order valence-electron chi connectivity index (χ3n) is 6.15. The molecule has 0 radical (unpaired) electrons. The first-order valence-electron chi connectivity index (χ1n) is 11.6. The van der Waals surface area contributed by atoms with Crippen LogP contribution in [0.15, 0.2) is 59.5 Å². The second-order valence-corrected chi connectivity index (χ2v) is 10.5. The molecule has 1 amide bonds. The second kappa shape index (κ2) is 10.7. The fourth-order valence-corrected chi connectivity index (χ4v) is 5.40. The normalized spacial score (nSPS) is 15.6. The monoisotopic (exact) mass is 497 g/mol. The fourth-order valence-electron chi connectivity index (χ4n) is 4.00. The van der Waals surface area contributed by atoms with Crippen molar-refractivity contribution in [3.8, 4) is 5.69 Å². The van der Waals surface area contributed by atoms with E-state index < -0.39 is 16.1 Å². The number of amides is 1. The molecule has 4 rings (SSSR count). The Morgan fingerprint density at radius 2 is 1.71 bits per heavy atom. The number of hydrogen-bond donors (Lipinski definition) is 2. The summed E-state index contributed by atoms with van der Waals surface area (Å²) in [4.78, 5) is 12.9. The fraction of sp³-hybridized carbons (Fsp3) is 0.360. The molecule has 186 valence electrons. The van der Waals surface area contributed by atoms with Crippen LogP contribution >= 0.6 is 0 Å². The standard InChI is InChI=1S/C25H31N5O4S/c1-18-24(20(3)30(28-18)22-7-5-4-6-8-22)17-26-19(2)25(31)27-21-9-11-23(12-10-21)35(32,33)29-13-15-34-16-14-29/h4-12,19,26H,13-17H2,1-3H3,(H,27,31)/t19-/m0/s1. The van der Waals surface area contributed by atoms with Gasteiger partial charge in [-0.25, -0.2) is 13.1 Å². The molecule has 9 nitrogen and oxygen atoms in total. The van der Waals surface area contributed by atoms with Gasteiger partial charge in [-0.2, -0.15) is 9.40 Å². The molecule has 2 aromatic carbocycles. The van der Waals surface area contributed by atoms with Crippen LogP contribution in [0, 0.1) is 13.8 Å². The average molecular weight is 498 g/mol. The van der Waals surface area contributed by atoms with Gasteiger partial charge in [0.25, 0.3) is 0 Å². The molecule has 1 aromatic heterocycles. The Morgan fingerprint density at radius 3 is 2.37 bits per heavy atom. The van der Waals surface area contributed by atoms with Gasteiger partial charge in [0, 0.05) is 36.6 Å². The van der Waals surface area contributed by atoms with Crippen molar-refractivity contribution in [1.82, 2.24) is 19.4 Å². The minimum atomic E-state index is -3.57. The lowest BCUT2D eigenvalue weighted by Crippen LogP contribution is -2.40. The minimum absolute atomic E-state index is 0.199. The van der Waals surface area contributed by atoms with E-state index in [1.165, 1.54) is 16.4 Å². The van der Waals surface area contributed by atoms with Gasteiger partial charge < -0.3 is 15.4 Å². The van der Waals surface area contributed by atoms with Crippen LogP contribution in [0.3, 0.4) is 0 Å². The van der Waals surface area contributed by atoms with E-state index in [-0.39, 0.29) is 10.8 Å². The van der Waals surface area contributed by atoms with Gasteiger partial charge in [0.2, 0.25) is 15.9 Å². The van der Waals surface area contributed by atoms with E-state index in [9.17, 15) is 13.2 Å². The molecule has 0 saturated carbocycles. The first-order chi connectivity index (χ1) is 16.8. The van der Waals surface area contributed by atoms with Gasteiger partial charge in [-0.3, -0.25) is 4.79 Å². The number of aryl methyl sites for hydroxylation is 1. The van der Waals surface area contributed by atoms with E-state index in [0.29, 0.717) is 38.5 Å². The van der Waals surface area contributed by atoms with Crippen molar-refractivity contribution in [2.24, 2.45) is 0 Å². The van der Waals surface area contributed by atoms with Crippen molar-refractivity contribution < 1.29 is 17.9 Å². The molecule has 1 atom stereocenters. The summed E-state index contributed by atoms with van der Waals surface area (Å²) in [5.41, 5.74) is 4.50. The summed E-state index contributed by atoms with van der Waals surface area (Å²) in [6.07, 6.45) is 0. The van der Waals surface area contributed by atoms with E-state index in [0.717, 1.165) is 22.6 Å². The van der Waals surface area contributed by atoms with Gasteiger partial charge in [0.05, 0.1) is 35.5 Å². The van der Waals surface area contributed by atoms with Crippen molar-refractivity contribution in [2.45, 2.75) is 38.3 Å². The zero-order valence-electron chi connectivity index (χ0n) is 20.2. The Bertz CT molecular complexity index is 1270. The number of para-hydroxylation sites is 1. The molecule has 1 aliphatic heterocycles. The number of nitrogens with zero attached hydrogens (tertiary/aromatic N) is 3. The summed E-state index contributed by atoms with van der Waals surface area (Å²) >= 11 is 0. The molecule has 0 unspecified atom stereocenters. The van der Waals surface area contributed by atoms with Crippen molar-refractivity contribution in [2.75, 3.05) is 31.6 Å². The van der Waals surface area contributed by atoms with Crippen LogP contribution in [0.4, 0.5) is 5.69 Å². The molecule has 0 aliphatic carbocycles. The highest BCUT2D eigenvalue weighted by atomic mass is 32.2. The van der Waals surface area contributed by atoms with Gasteiger partial charge in [-0.1, -0.05) is 18.2 Å². The summed E-state index contributed by atoms with van der Waals surface area (Å²) < 4.78 is 34.1. The topological polar surface area (TPSA) is 106 Å². The van der Waals surface area contributed by atoms with E-state index in [1.807, 2.05) is 48.9 Å². The van der Waals surface area contributed by atoms with Gasteiger partial charge in [0.15, 0.2) is 0 Å². The average Bonchev–Trinajstić information content (AvgIpc) is 3.16. The van der Waals surface area contributed by atoms with Crippen LogP contribution in [-0.2, 0) is 26.1 Å². The van der Waals surface area contributed by atoms with Gasteiger partial charge in [-0.05, 0) is 57.2 Å². The highest BCUT2D eigenvalue weighted by molar-refractivity contribution is 7.89. The van der Waals surface area contributed by atoms with Crippen LogP contribution in [0.2, 0.25) is 0 Å². The molecule has 1 fully saturated rings. The maximum absolute atomic E-state index is 12.8. The Labute approximate surface area is 206 Å². The first-order valence-corrected chi connectivity index (χ1v) is 13.0. The molecule has 1 saturated heterocycles. The molecule has 2 N–H and O–H groups in total. The Hall–Kier alpha value is -3.05. The predicted octanol–water partition coefficient (Wildman–Crippen LogP) is 2.63. The summed E-state index contributed by atoms with van der Waals surface area (Å²) in [6, 6.07) is 15.7. The summed E-state index contributed by atoms with van der Waals surface area (Å²) in [5.74, 6) is -0.209. The van der Waals surface area contributed by atoms with Crippen LogP contribution in [0.25, 0.3) is 5.69 Å². The van der Waals surface area contributed by atoms with Gasteiger partial charge in [0.1, 0.15) is 0 Å². The van der Waals surface area contributed by atoms with Crippen LogP contribution in [0.1, 0.15) is 23.9 Å². The van der Waals surface area contributed by atoms with E-state index in [2.05, 4.69) is 15.7 Å². The number of sulfonamides is 1. The molecule has 35 heavy (non-hydrogen) atoms. The zero-order chi connectivity index (χ0) is 25.0. The Kier molecular flexibility index (Phi) is 7.66. The van der Waals surface area contributed by atoms with E-state index in [1.54, 1.807) is 19.1 Å². The maximum atomic E-state index is 12.8. The number of morpholine rings is 1. The van der Waals surface area contributed by atoms with Gasteiger partial charge in [-0.15, -0.1) is 0 Å². The molecule has 0 spiro atoms. The molecule has 2 heterocycles. The molecule has 0 bridgehead atoms. The first kappa shape index (κ1) is 25.1. The number of rotatable bonds is 8. The SMILES string of the molecule is Cc1nn(-c2ccccc2)c(C)c1CN[C@@H](C)C(=O)Nc1ccc(S(=O)(=O)N2CCOCC2)cc1. The Balaban J connectivity index is 1.36. The highest BCUT2D eigenvalue weighted by Gasteiger charge is 2.26. The number of carbonyl (C=O) groups is 1. The second-order valence-electron chi connectivity index (χ2n) is 8.53. The maximum Gasteiger partial charge on any atom is 0.243 e. The highest BCUT2D eigenvalue weighted by Crippen LogP contribution is 2.20. The van der Waals surface area contributed by atoms with Crippen molar-refractivity contribution in [3.63, 3.8) is 0 Å². The molecule has 1 aliphatic rings. The number of carbonyl (C=O) groups excluding carboxylic acids is 1. The van der Waals surface area contributed by atoms with Crippen LogP contribution in [-0.4, -0.2) is 60.8 Å².